The van der Waals surface area contributed by atoms with E-state index in [1.54, 1.807) is 12.1 Å². The van der Waals surface area contributed by atoms with Gasteiger partial charge in [-0.3, -0.25) is 0 Å². The van der Waals surface area contributed by atoms with Crippen molar-refractivity contribution in [2.75, 3.05) is 18.0 Å². The Morgan fingerprint density at radius 1 is 1.48 bits per heavy atom. The third-order valence-corrected chi connectivity index (χ3v) is 5.80. The van der Waals surface area contributed by atoms with Gasteiger partial charge in [-0.2, -0.15) is 5.26 Å². The van der Waals surface area contributed by atoms with Crippen LogP contribution in [0.4, 0.5) is 14.3 Å². The predicted octanol–water partition coefficient (Wildman–Crippen LogP) is 3.82. The smallest absolute Gasteiger partial charge is 0.404 e. The largest absolute Gasteiger partial charge is 0.465 e. The summed E-state index contributed by atoms with van der Waals surface area (Å²) in [6, 6.07) is 6.19. The number of rotatable bonds is 3. The molecule has 1 amide bonds. The van der Waals surface area contributed by atoms with Crippen molar-refractivity contribution in [2.45, 2.75) is 18.9 Å². The molecule has 2 N–H and O–H groups in total. The summed E-state index contributed by atoms with van der Waals surface area (Å²) in [7, 11) is 0. The van der Waals surface area contributed by atoms with Gasteiger partial charge in [0, 0.05) is 24.7 Å². The van der Waals surface area contributed by atoms with Crippen molar-refractivity contribution in [3.8, 4) is 17.3 Å². The zero-order valence-corrected chi connectivity index (χ0v) is 15.4. The number of piperidine rings is 1. The highest BCUT2D eigenvalue weighted by Gasteiger charge is 2.24. The molecule has 1 saturated heterocycles. The van der Waals surface area contributed by atoms with Gasteiger partial charge in [0.2, 0.25) is 0 Å². The molecule has 2 aromatic rings. The van der Waals surface area contributed by atoms with Gasteiger partial charge in [0.1, 0.15) is 11.9 Å². The number of amides is 1. The zero-order valence-electron chi connectivity index (χ0n) is 13.0. The second-order valence-corrected chi connectivity index (χ2v) is 7.93. The molecule has 1 fully saturated rings. The zero-order chi connectivity index (χ0) is 18.0. The van der Waals surface area contributed by atoms with Gasteiger partial charge in [-0.1, -0.05) is 17.4 Å². The molecule has 130 valence electrons. The number of nitriles is 1. The Balaban J connectivity index is 1.76. The Morgan fingerprint density at radius 3 is 2.80 bits per heavy atom. The van der Waals surface area contributed by atoms with Gasteiger partial charge in [-0.25, -0.2) is 14.2 Å². The van der Waals surface area contributed by atoms with Crippen LogP contribution in [0, 0.1) is 17.1 Å². The number of carboxylic acid groups (broad SMARTS) is 1. The van der Waals surface area contributed by atoms with E-state index >= 15 is 0 Å². The van der Waals surface area contributed by atoms with E-state index in [1.807, 2.05) is 0 Å². The molecule has 0 atom stereocenters. The molecule has 0 spiro atoms. The Morgan fingerprint density at radius 2 is 2.20 bits per heavy atom. The fraction of sp³-hybridized carbons (Fsp3) is 0.312. The first kappa shape index (κ1) is 17.6. The molecule has 0 saturated carbocycles. The Kier molecular flexibility index (Phi) is 5.20. The van der Waals surface area contributed by atoms with E-state index in [9.17, 15) is 9.18 Å². The number of nitrogens with zero attached hydrogens (tertiary/aromatic N) is 3. The number of thiazole rings is 1. The van der Waals surface area contributed by atoms with Crippen molar-refractivity contribution < 1.29 is 14.3 Å². The number of hydrogen-bond donors (Lipinski definition) is 2. The van der Waals surface area contributed by atoms with Crippen LogP contribution in [0.3, 0.4) is 0 Å². The number of benzene rings is 1. The SMILES string of the molecule is N#Cc1ccc(-c2nc(N3CCC(NC(=O)O)CC3)sc2Br)cc1F. The molecule has 0 unspecified atom stereocenters. The van der Waals surface area contributed by atoms with Gasteiger partial charge in [0.05, 0.1) is 15.0 Å². The van der Waals surface area contributed by atoms with E-state index in [0.29, 0.717) is 37.2 Å². The van der Waals surface area contributed by atoms with Crippen molar-refractivity contribution in [3.05, 3.63) is 33.4 Å². The van der Waals surface area contributed by atoms with E-state index in [0.717, 1.165) is 8.92 Å². The number of anilines is 1. The molecule has 1 aliphatic rings. The second-order valence-electron chi connectivity index (χ2n) is 5.64. The minimum absolute atomic E-state index is 0.00308. The van der Waals surface area contributed by atoms with Crippen LogP contribution in [0.1, 0.15) is 18.4 Å². The molecule has 9 heteroatoms. The standard InChI is InChI=1S/C16H14BrFN4O2S/c17-14-13(9-1-2-10(8-19)12(18)7-9)21-15(25-14)22-5-3-11(4-6-22)20-16(23)24/h1-2,7,11,20H,3-6H2,(H,23,24). The molecule has 0 radical (unpaired) electrons. The third kappa shape index (κ3) is 3.91. The van der Waals surface area contributed by atoms with Crippen molar-refractivity contribution in [1.29, 1.82) is 5.26 Å². The summed E-state index contributed by atoms with van der Waals surface area (Å²) in [5.41, 5.74) is 1.24. The minimum atomic E-state index is -0.999. The first-order valence-electron chi connectivity index (χ1n) is 7.58. The van der Waals surface area contributed by atoms with E-state index in [4.69, 9.17) is 10.4 Å². The maximum atomic E-state index is 13.8. The normalized spacial score (nSPS) is 15.0. The monoisotopic (exact) mass is 424 g/mol. The Labute approximate surface area is 156 Å². The number of halogens is 2. The van der Waals surface area contributed by atoms with Gasteiger partial charge < -0.3 is 15.3 Å². The highest BCUT2D eigenvalue weighted by atomic mass is 79.9. The van der Waals surface area contributed by atoms with E-state index in [2.05, 4.69) is 31.1 Å². The number of carbonyl (C=O) groups is 1. The molecule has 0 aliphatic carbocycles. The lowest BCUT2D eigenvalue weighted by Crippen LogP contribution is -2.44. The molecule has 1 aromatic heterocycles. The van der Waals surface area contributed by atoms with Crippen LogP contribution in [0.15, 0.2) is 22.0 Å². The summed E-state index contributed by atoms with van der Waals surface area (Å²) in [5, 5.41) is 20.9. The van der Waals surface area contributed by atoms with Crippen molar-refractivity contribution in [1.82, 2.24) is 10.3 Å². The molecule has 3 rings (SSSR count). The highest BCUT2D eigenvalue weighted by Crippen LogP contribution is 2.38. The average Bonchev–Trinajstić information content (AvgIpc) is 2.96. The van der Waals surface area contributed by atoms with Gasteiger partial charge in [0.25, 0.3) is 0 Å². The minimum Gasteiger partial charge on any atom is -0.465 e. The second kappa shape index (κ2) is 7.37. The van der Waals surface area contributed by atoms with Crippen LogP contribution < -0.4 is 10.2 Å². The van der Waals surface area contributed by atoms with Crippen LogP contribution in [0.5, 0.6) is 0 Å². The van der Waals surface area contributed by atoms with Crippen LogP contribution in [0.25, 0.3) is 11.3 Å². The van der Waals surface area contributed by atoms with E-state index < -0.39 is 11.9 Å². The third-order valence-electron chi connectivity index (χ3n) is 4.03. The molecular weight excluding hydrogens is 411 g/mol. The van der Waals surface area contributed by atoms with Gasteiger partial charge in [-0.05, 0) is 40.9 Å². The molecule has 0 bridgehead atoms. The molecular formula is C16H14BrFN4O2S. The lowest BCUT2D eigenvalue weighted by atomic mass is 10.1. The lowest BCUT2D eigenvalue weighted by molar-refractivity contribution is 0.187. The van der Waals surface area contributed by atoms with Crippen molar-refractivity contribution in [2.24, 2.45) is 0 Å². The van der Waals surface area contributed by atoms with Crippen molar-refractivity contribution >= 4 is 38.5 Å². The van der Waals surface area contributed by atoms with Gasteiger partial charge >= 0.3 is 6.09 Å². The number of aromatic nitrogens is 1. The topological polar surface area (TPSA) is 89.3 Å². The molecule has 1 aliphatic heterocycles. The Bertz CT molecular complexity index is 843. The summed E-state index contributed by atoms with van der Waals surface area (Å²) >= 11 is 4.93. The number of nitrogens with one attached hydrogen (secondary N) is 1. The fourth-order valence-corrected chi connectivity index (χ4v) is 4.37. The summed E-state index contributed by atoms with van der Waals surface area (Å²) in [6.07, 6.45) is 0.426. The number of hydrogen-bond acceptors (Lipinski definition) is 5. The van der Waals surface area contributed by atoms with Crippen LogP contribution >= 0.6 is 27.3 Å². The van der Waals surface area contributed by atoms with Crippen LogP contribution in [-0.2, 0) is 0 Å². The molecule has 2 heterocycles. The van der Waals surface area contributed by atoms with Crippen LogP contribution in [-0.4, -0.2) is 35.3 Å². The first-order chi connectivity index (χ1) is 12.0. The van der Waals surface area contributed by atoms with Gasteiger partial charge in [0.15, 0.2) is 5.13 Å². The van der Waals surface area contributed by atoms with Crippen LogP contribution in [0.2, 0.25) is 0 Å². The summed E-state index contributed by atoms with van der Waals surface area (Å²) in [4.78, 5) is 17.4. The fourth-order valence-electron chi connectivity index (χ4n) is 2.75. The van der Waals surface area contributed by atoms with Gasteiger partial charge in [-0.15, -0.1) is 0 Å². The van der Waals surface area contributed by atoms with Crippen molar-refractivity contribution in [3.63, 3.8) is 0 Å². The summed E-state index contributed by atoms with van der Waals surface area (Å²) in [5.74, 6) is -0.568. The first-order valence-corrected chi connectivity index (χ1v) is 9.19. The summed E-state index contributed by atoms with van der Waals surface area (Å²) in [6.45, 7) is 1.40. The Hall–Kier alpha value is -2.18. The summed E-state index contributed by atoms with van der Waals surface area (Å²) < 4.78 is 14.6. The van der Waals surface area contributed by atoms with E-state index in [-0.39, 0.29) is 11.6 Å². The maximum absolute atomic E-state index is 13.8. The van der Waals surface area contributed by atoms with E-state index in [1.165, 1.54) is 23.5 Å². The average molecular weight is 425 g/mol. The predicted molar refractivity (Wildman–Crippen MR) is 96.3 cm³/mol. The quantitative estimate of drug-likeness (QED) is 0.781. The lowest BCUT2D eigenvalue weighted by Gasteiger charge is -2.31. The highest BCUT2D eigenvalue weighted by molar-refractivity contribution is 9.11. The molecule has 25 heavy (non-hydrogen) atoms. The molecule has 1 aromatic carbocycles. The maximum Gasteiger partial charge on any atom is 0.404 e. The molecule has 6 nitrogen and oxygen atoms in total.